The second-order valence-electron chi connectivity index (χ2n) is 6.39. The van der Waals surface area contributed by atoms with Crippen LogP contribution in [-0.2, 0) is 4.74 Å². The summed E-state index contributed by atoms with van der Waals surface area (Å²) in [4.78, 5) is 35.9. The number of carbonyl (C=O) groups excluding carboxylic acids is 2. The largest absolute Gasteiger partial charge is 0.497 e. The molecule has 0 saturated heterocycles. The van der Waals surface area contributed by atoms with E-state index in [9.17, 15) is 9.59 Å². The Hall–Kier alpha value is -2.74. The molecule has 1 atom stereocenters. The van der Waals surface area contributed by atoms with Gasteiger partial charge in [0, 0.05) is 11.8 Å². The molecule has 0 unspecified atom stereocenters. The number of rotatable bonds is 7. The number of carbonyl (C=O) groups is 2. The Morgan fingerprint density at radius 1 is 1.25 bits per heavy atom. The van der Waals surface area contributed by atoms with Gasteiger partial charge >= 0.3 is 5.97 Å². The zero-order chi connectivity index (χ0) is 20.4. The number of methoxy groups -OCH3 is 1. The average molecular weight is 401 g/mol. The SMILES string of the molecule is CCOC(=O)c1c(C)[nH]c(C(=O)[C@H](C)Sc2nc3ccc(OC)cc3[nH]2)c1C. The van der Waals surface area contributed by atoms with Crippen LogP contribution in [0.15, 0.2) is 23.4 Å². The minimum Gasteiger partial charge on any atom is -0.497 e. The van der Waals surface area contributed by atoms with Crippen LogP contribution in [0.1, 0.15) is 46.0 Å². The van der Waals surface area contributed by atoms with Crippen molar-refractivity contribution in [3.63, 3.8) is 0 Å². The first-order valence-electron chi connectivity index (χ1n) is 8.96. The molecular weight excluding hydrogens is 378 g/mol. The zero-order valence-electron chi connectivity index (χ0n) is 16.5. The van der Waals surface area contributed by atoms with Crippen molar-refractivity contribution in [1.82, 2.24) is 15.0 Å². The molecule has 8 heteroatoms. The van der Waals surface area contributed by atoms with Gasteiger partial charge in [0.05, 0.1) is 41.3 Å². The minimum absolute atomic E-state index is 0.0980. The summed E-state index contributed by atoms with van der Waals surface area (Å²) >= 11 is 1.33. The summed E-state index contributed by atoms with van der Waals surface area (Å²) in [6.45, 7) is 7.38. The summed E-state index contributed by atoms with van der Waals surface area (Å²) in [5, 5.41) is 0.255. The zero-order valence-corrected chi connectivity index (χ0v) is 17.3. The maximum Gasteiger partial charge on any atom is 0.340 e. The first-order chi connectivity index (χ1) is 13.3. The average Bonchev–Trinajstić information content (AvgIpc) is 3.19. The molecule has 2 N–H and O–H groups in total. The van der Waals surface area contributed by atoms with Crippen molar-refractivity contribution in [2.45, 2.75) is 38.1 Å². The molecular formula is C20H23N3O4S. The number of H-pyrrole nitrogens is 2. The highest BCUT2D eigenvalue weighted by atomic mass is 32.2. The number of hydrogen-bond acceptors (Lipinski definition) is 6. The van der Waals surface area contributed by atoms with Crippen LogP contribution >= 0.6 is 11.8 Å². The highest BCUT2D eigenvalue weighted by Crippen LogP contribution is 2.29. The van der Waals surface area contributed by atoms with Crippen LogP contribution in [0, 0.1) is 13.8 Å². The van der Waals surface area contributed by atoms with Crippen molar-refractivity contribution < 1.29 is 19.1 Å². The van der Waals surface area contributed by atoms with E-state index in [1.165, 1.54) is 11.8 Å². The molecule has 0 bridgehead atoms. The molecule has 3 rings (SSSR count). The molecule has 3 aromatic rings. The van der Waals surface area contributed by atoms with Gasteiger partial charge in [-0.3, -0.25) is 4.79 Å². The molecule has 0 spiro atoms. The number of esters is 1. The standard InChI is InChI=1S/C20H23N3O4S/c1-6-27-19(25)16-10(2)17(21-11(16)3)18(24)12(4)28-20-22-14-8-7-13(26-5)9-15(14)23-20/h7-9,12,21H,6H2,1-5H3,(H,22,23)/t12-/m0/s1. The summed E-state index contributed by atoms with van der Waals surface area (Å²) in [5.41, 5.74) is 3.75. The number of aromatic amines is 2. The molecule has 148 valence electrons. The number of thioether (sulfide) groups is 1. The van der Waals surface area contributed by atoms with Gasteiger partial charge in [-0.05, 0) is 45.4 Å². The summed E-state index contributed by atoms with van der Waals surface area (Å²) < 4.78 is 10.3. The number of fused-ring (bicyclic) bond motifs is 1. The third-order valence-corrected chi connectivity index (χ3v) is 5.47. The number of ketones is 1. The van der Waals surface area contributed by atoms with E-state index in [4.69, 9.17) is 9.47 Å². The molecule has 0 saturated carbocycles. The molecule has 28 heavy (non-hydrogen) atoms. The van der Waals surface area contributed by atoms with Crippen molar-refractivity contribution in [3.05, 3.63) is 40.7 Å². The van der Waals surface area contributed by atoms with E-state index in [1.54, 1.807) is 27.9 Å². The quantitative estimate of drug-likeness (QED) is 0.352. The number of nitrogens with one attached hydrogen (secondary N) is 2. The van der Waals surface area contributed by atoms with Crippen LogP contribution < -0.4 is 4.74 Å². The van der Waals surface area contributed by atoms with Gasteiger partial charge in [-0.25, -0.2) is 9.78 Å². The number of aryl methyl sites for hydroxylation is 1. The summed E-state index contributed by atoms with van der Waals surface area (Å²) in [7, 11) is 1.61. The molecule has 0 amide bonds. The number of Topliss-reactive ketones (excluding diaryl/α,β-unsaturated/α-hetero) is 1. The Morgan fingerprint density at radius 2 is 2.00 bits per heavy atom. The lowest BCUT2D eigenvalue weighted by molar-refractivity contribution is 0.0525. The molecule has 0 radical (unpaired) electrons. The van der Waals surface area contributed by atoms with E-state index in [0.29, 0.717) is 27.7 Å². The number of hydrogen-bond donors (Lipinski definition) is 2. The van der Waals surface area contributed by atoms with E-state index in [0.717, 1.165) is 16.8 Å². The lowest BCUT2D eigenvalue weighted by Gasteiger charge is -2.08. The van der Waals surface area contributed by atoms with Gasteiger partial charge in [0.25, 0.3) is 0 Å². The van der Waals surface area contributed by atoms with Gasteiger partial charge in [0.2, 0.25) is 0 Å². The lowest BCUT2D eigenvalue weighted by atomic mass is 10.1. The number of nitrogens with zero attached hydrogens (tertiary/aromatic N) is 1. The van der Waals surface area contributed by atoms with Crippen molar-refractivity contribution in [2.24, 2.45) is 0 Å². The van der Waals surface area contributed by atoms with E-state index >= 15 is 0 Å². The summed E-state index contributed by atoms with van der Waals surface area (Å²) in [6.07, 6.45) is 0. The number of imidazole rings is 1. The normalized spacial score (nSPS) is 12.2. The molecule has 2 heterocycles. The van der Waals surface area contributed by atoms with Crippen LogP contribution in [0.2, 0.25) is 0 Å². The fraction of sp³-hybridized carbons (Fsp3) is 0.350. The number of aromatic nitrogens is 3. The van der Waals surface area contributed by atoms with Crippen LogP contribution in [0.4, 0.5) is 0 Å². The first-order valence-corrected chi connectivity index (χ1v) is 9.84. The molecule has 0 fully saturated rings. The maximum atomic E-state index is 13.0. The second-order valence-corrected chi connectivity index (χ2v) is 7.72. The molecule has 1 aromatic carbocycles. The van der Waals surface area contributed by atoms with E-state index in [1.807, 2.05) is 25.1 Å². The molecule has 0 aliphatic heterocycles. The summed E-state index contributed by atoms with van der Waals surface area (Å²) in [5.74, 6) is 0.222. The van der Waals surface area contributed by atoms with Crippen molar-refractivity contribution in [1.29, 1.82) is 0 Å². The van der Waals surface area contributed by atoms with Gasteiger partial charge < -0.3 is 19.4 Å². The molecule has 2 aromatic heterocycles. The Labute approximate surface area is 167 Å². The minimum atomic E-state index is -0.417. The first kappa shape index (κ1) is 20.0. The number of ether oxygens (including phenoxy) is 2. The van der Waals surface area contributed by atoms with E-state index in [2.05, 4.69) is 15.0 Å². The van der Waals surface area contributed by atoms with Crippen molar-refractivity contribution in [2.75, 3.05) is 13.7 Å². The van der Waals surface area contributed by atoms with Crippen LogP contribution in [0.25, 0.3) is 11.0 Å². The molecule has 0 aliphatic rings. The van der Waals surface area contributed by atoms with Crippen LogP contribution in [-0.4, -0.2) is 45.7 Å². The Kier molecular flexibility index (Phi) is 5.79. The Bertz CT molecular complexity index is 1040. The monoisotopic (exact) mass is 401 g/mol. The predicted molar refractivity (Wildman–Crippen MR) is 109 cm³/mol. The molecule has 0 aliphatic carbocycles. The highest BCUT2D eigenvalue weighted by molar-refractivity contribution is 8.00. The van der Waals surface area contributed by atoms with Gasteiger partial charge in [0.15, 0.2) is 10.9 Å². The van der Waals surface area contributed by atoms with Crippen molar-refractivity contribution in [3.8, 4) is 5.75 Å². The number of benzene rings is 1. The van der Waals surface area contributed by atoms with Gasteiger partial charge in [-0.1, -0.05) is 11.8 Å². The fourth-order valence-corrected chi connectivity index (χ4v) is 3.96. The smallest absolute Gasteiger partial charge is 0.340 e. The fourth-order valence-electron chi connectivity index (χ4n) is 3.08. The van der Waals surface area contributed by atoms with E-state index in [-0.39, 0.29) is 12.4 Å². The highest BCUT2D eigenvalue weighted by Gasteiger charge is 2.26. The van der Waals surface area contributed by atoms with Crippen LogP contribution in [0.3, 0.4) is 0 Å². The van der Waals surface area contributed by atoms with Crippen molar-refractivity contribution >= 4 is 34.5 Å². The maximum absolute atomic E-state index is 13.0. The summed E-state index contributed by atoms with van der Waals surface area (Å²) in [6, 6.07) is 5.57. The Balaban J connectivity index is 1.81. The second kappa shape index (κ2) is 8.10. The van der Waals surface area contributed by atoms with Gasteiger partial charge in [0.1, 0.15) is 5.75 Å². The Morgan fingerprint density at radius 3 is 2.68 bits per heavy atom. The lowest BCUT2D eigenvalue weighted by Crippen LogP contribution is -2.15. The van der Waals surface area contributed by atoms with Gasteiger partial charge in [-0.2, -0.15) is 0 Å². The van der Waals surface area contributed by atoms with Crippen LogP contribution in [0.5, 0.6) is 5.75 Å². The third kappa shape index (κ3) is 3.77. The topological polar surface area (TPSA) is 97.1 Å². The van der Waals surface area contributed by atoms with Gasteiger partial charge in [-0.15, -0.1) is 0 Å². The molecule has 7 nitrogen and oxygen atoms in total. The predicted octanol–water partition coefficient (Wildman–Crippen LogP) is 4.06. The third-order valence-electron chi connectivity index (χ3n) is 4.49. The van der Waals surface area contributed by atoms with E-state index < -0.39 is 11.2 Å².